The summed E-state index contributed by atoms with van der Waals surface area (Å²) in [6, 6.07) is 5.67. The lowest BCUT2D eigenvalue weighted by Gasteiger charge is -2.24. The average molecular weight is 217 g/mol. The predicted molar refractivity (Wildman–Crippen MR) is 55.0 cm³/mol. The Morgan fingerprint density at radius 3 is 2.07 bits per heavy atom. The van der Waals surface area contributed by atoms with Gasteiger partial charge in [-0.2, -0.15) is 13.2 Å². The fraction of sp³-hybridized carbons (Fsp3) is 0.455. The Kier molecular flexibility index (Phi) is 3.61. The molecule has 0 fully saturated rings. The van der Waals surface area contributed by atoms with Crippen molar-refractivity contribution in [3.05, 3.63) is 29.8 Å². The van der Waals surface area contributed by atoms with Crippen LogP contribution in [0.25, 0.3) is 0 Å². The van der Waals surface area contributed by atoms with Crippen LogP contribution in [0.5, 0.6) is 0 Å². The largest absolute Gasteiger partial charge is 0.418 e. The van der Waals surface area contributed by atoms with E-state index in [2.05, 4.69) is 0 Å². The van der Waals surface area contributed by atoms with Gasteiger partial charge in [0, 0.05) is 18.8 Å². The van der Waals surface area contributed by atoms with Gasteiger partial charge in [-0.25, -0.2) is 0 Å². The van der Waals surface area contributed by atoms with Crippen LogP contribution in [0.1, 0.15) is 19.4 Å². The van der Waals surface area contributed by atoms with Gasteiger partial charge in [0.2, 0.25) is 0 Å². The van der Waals surface area contributed by atoms with Gasteiger partial charge < -0.3 is 4.90 Å². The number of para-hydroxylation sites is 1. The molecule has 84 valence electrons. The first-order valence-corrected chi connectivity index (χ1v) is 4.91. The highest BCUT2D eigenvalue weighted by atomic mass is 19.4. The van der Waals surface area contributed by atoms with Gasteiger partial charge in [-0.1, -0.05) is 12.1 Å². The number of hydrogen-bond donors (Lipinski definition) is 0. The summed E-state index contributed by atoms with van der Waals surface area (Å²) in [5, 5.41) is 0. The van der Waals surface area contributed by atoms with E-state index in [4.69, 9.17) is 0 Å². The third-order valence-corrected chi connectivity index (χ3v) is 2.31. The molecule has 0 saturated carbocycles. The van der Waals surface area contributed by atoms with Crippen molar-refractivity contribution in [2.24, 2.45) is 0 Å². The zero-order chi connectivity index (χ0) is 11.5. The molecule has 0 radical (unpaired) electrons. The highest BCUT2D eigenvalue weighted by Gasteiger charge is 2.34. The van der Waals surface area contributed by atoms with Crippen molar-refractivity contribution < 1.29 is 13.2 Å². The summed E-state index contributed by atoms with van der Waals surface area (Å²) in [7, 11) is 0. The van der Waals surface area contributed by atoms with Crippen molar-refractivity contribution in [3.63, 3.8) is 0 Å². The van der Waals surface area contributed by atoms with Crippen LogP contribution in [-0.4, -0.2) is 13.1 Å². The van der Waals surface area contributed by atoms with E-state index in [-0.39, 0.29) is 5.69 Å². The lowest BCUT2D eigenvalue weighted by molar-refractivity contribution is -0.137. The van der Waals surface area contributed by atoms with Crippen molar-refractivity contribution in [3.8, 4) is 0 Å². The molecule has 0 unspecified atom stereocenters. The second kappa shape index (κ2) is 4.55. The van der Waals surface area contributed by atoms with Crippen molar-refractivity contribution in [1.29, 1.82) is 0 Å². The quantitative estimate of drug-likeness (QED) is 0.748. The van der Waals surface area contributed by atoms with Crippen molar-refractivity contribution in [2.75, 3.05) is 18.0 Å². The topological polar surface area (TPSA) is 3.24 Å². The fourth-order valence-corrected chi connectivity index (χ4v) is 1.55. The Morgan fingerprint density at radius 2 is 1.60 bits per heavy atom. The average Bonchev–Trinajstić information content (AvgIpc) is 2.19. The molecule has 0 aliphatic carbocycles. The van der Waals surface area contributed by atoms with Gasteiger partial charge >= 0.3 is 6.18 Å². The molecule has 0 N–H and O–H groups in total. The summed E-state index contributed by atoms with van der Waals surface area (Å²) in [5.74, 6) is 0. The van der Waals surface area contributed by atoms with E-state index < -0.39 is 11.7 Å². The molecule has 1 aromatic carbocycles. The van der Waals surface area contributed by atoms with Crippen LogP contribution in [0.3, 0.4) is 0 Å². The smallest absolute Gasteiger partial charge is 0.372 e. The van der Waals surface area contributed by atoms with Gasteiger partial charge in [-0.15, -0.1) is 0 Å². The number of nitrogens with zero attached hydrogens (tertiary/aromatic N) is 1. The predicted octanol–water partition coefficient (Wildman–Crippen LogP) is 3.55. The molecule has 0 aliphatic rings. The molecular weight excluding hydrogens is 203 g/mol. The fourth-order valence-electron chi connectivity index (χ4n) is 1.55. The molecule has 1 nitrogen and oxygen atoms in total. The standard InChI is InChI=1S/C11H14F3N/c1-3-15(4-2)10-8-6-5-7-9(10)11(12,13)14/h5-8H,3-4H2,1-2H3. The molecule has 0 saturated heterocycles. The van der Waals surface area contributed by atoms with Crippen LogP contribution in [0.15, 0.2) is 24.3 Å². The van der Waals surface area contributed by atoms with Crippen molar-refractivity contribution >= 4 is 5.69 Å². The SMILES string of the molecule is CCN(CC)c1ccccc1C(F)(F)F. The Bertz CT molecular complexity index is 316. The number of benzene rings is 1. The first kappa shape index (κ1) is 11.9. The van der Waals surface area contributed by atoms with Crippen LogP contribution in [0, 0.1) is 0 Å². The van der Waals surface area contributed by atoms with Gasteiger partial charge in [0.1, 0.15) is 0 Å². The molecule has 0 spiro atoms. The Hall–Kier alpha value is -1.19. The number of rotatable bonds is 3. The monoisotopic (exact) mass is 217 g/mol. The van der Waals surface area contributed by atoms with E-state index >= 15 is 0 Å². The Labute approximate surface area is 87.5 Å². The second-order valence-corrected chi connectivity index (χ2v) is 3.19. The van der Waals surface area contributed by atoms with Gasteiger partial charge in [0.05, 0.1) is 5.56 Å². The van der Waals surface area contributed by atoms with E-state index in [9.17, 15) is 13.2 Å². The third kappa shape index (κ3) is 2.64. The summed E-state index contributed by atoms with van der Waals surface area (Å²) in [6.45, 7) is 4.83. The highest BCUT2D eigenvalue weighted by Crippen LogP contribution is 2.36. The minimum absolute atomic E-state index is 0.259. The molecule has 4 heteroatoms. The van der Waals surface area contributed by atoms with Crippen LogP contribution < -0.4 is 4.90 Å². The van der Waals surface area contributed by atoms with E-state index in [1.165, 1.54) is 12.1 Å². The molecule has 0 heterocycles. The van der Waals surface area contributed by atoms with E-state index in [1.807, 2.05) is 13.8 Å². The number of anilines is 1. The zero-order valence-corrected chi connectivity index (χ0v) is 8.80. The molecule has 0 aliphatic heterocycles. The summed E-state index contributed by atoms with van der Waals surface area (Å²) in [4.78, 5) is 1.70. The first-order valence-electron chi connectivity index (χ1n) is 4.91. The molecule has 0 atom stereocenters. The minimum atomic E-state index is -4.28. The second-order valence-electron chi connectivity index (χ2n) is 3.19. The van der Waals surface area contributed by atoms with Crippen LogP contribution in [-0.2, 0) is 6.18 Å². The van der Waals surface area contributed by atoms with Crippen LogP contribution >= 0.6 is 0 Å². The molecular formula is C11H14F3N. The molecule has 0 bridgehead atoms. The maximum absolute atomic E-state index is 12.7. The number of halogens is 3. The third-order valence-electron chi connectivity index (χ3n) is 2.31. The van der Waals surface area contributed by atoms with Gasteiger partial charge in [0.25, 0.3) is 0 Å². The Morgan fingerprint density at radius 1 is 1.07 bits per heavy atom. The highest BCUT2D eigenvalue weighted by molar-refractivity contribution is 5.54. The van der Waals surface area contributed by atoms with Crippen molar-refractivity contribution in [2.45, 2.75) is 20.0 Å². The molecule has 15 heavy (non-hydrogen) atoms. The molecule has 0 amide bonds. The van der Waals surface area contributed by atoms with Crippen LogP contribution in [0.2, 0.25) is 0 Å². The lowest BCUT2D eigenvalue weighted by Crippen LogP contribution is -2.25. The van der Waals surface area contributed by atoms with Crippen molar-refractivity contribution in [1.82, 2.24) is 0 Å². The van der Waals surface area contributed by atoms with Crippen LogP contribution in [0.4, 0.5) is 18.9 Å². The summed E-state index contributed by atoms with van der Waals surface area (Å²) < 4.78 is 38.0. The molecule has 1 aromatic rings. The van der Waals surface area contributed by atoms with Gasteiger partial charge in [-0.3, -0.25) is 0 Å². The molecule has 1 rings (SSSR count). The normalized spacial score (nSPS) is 11.5. The summed E-state index contributed by atoms with van der Waals surface area (Å²) >= 11 is 0. The minimum Gasteiger partial charge on any atom is -0.372 e. The summed E-state index contributed by atoms with van der Waals surface area (Å²) in [5.41, 5.74) is -0.302. The van der Waals surface area contributed by atoms with E-state index in [1.54, 1.807) is 11.0 Å². The van der Waals surface area contributed by atoms with Gasteiger partial charge in [0.15, 0.2) is 0 Å². The summed E-state index contributed by atoms with van der Waals surface area (Å²) in [6.07, 6.45) is -4.28. The number of alkyl halides is 3. The van der Waals surface area contributed by atoms with E-state index in [0.717, 1.165) is 6.07 Å². The van der Waals surface area contributed by atoms with Gasteiger partial charge in [-0.05, 0) is 26.0 Å². The zero-order valence-electron chi connectivity index (χ0n) is 8.80. The Balaban J connectivity index is 3.17. The molecule has 0 aromatic heterocycles. The number of hydrogen-bond acceptors (Lipinski definition) is 1. The maximum atomic E-state index is 12.7. The lowest BCUT2D eigenvalue weighted by atomic mass is 10.1. The first-order chi connectivity index (χ1) is 7.00. The van der Waals surface area contributed by atoms with E-state index in [0.29, 0.717) is 13.1 Å². The maximum Gasteiger partial charge on any atom is 0.418 e.